The fourth-order valence-corrected chi connectivity index (χ4v) is 4.47. The Morgan fingerprint density at radius 1 is 1.03 bits per heavy atom. The molecule has 30 heavy (non-hydrogen) atoms. The number of hydrazone groups is 1. The number of pyridine rings is 1. The van der Waals surface area contributed by atoms with Gasteiger partial charge in [0, 0.05) is 42.8 Å². The summed E-state index contributed by atoms with van der Waals surface area (Å²) in [5.41, 5.74) is 4.85. The summed E-state index contributed by atoms with van der Waals surface area (Å²) in [7, 11) is 0. The summed E-state index contributed by atoms with van der Waals surface area (Å²) in [5, 5.41) is 14.4. The van der Waals surface area contributed by atoms with Crippen LogP contribution < -0.4 is 15.6 Å². The summed E-state index contributed by atoms with van der Waals surface area (Å²) >= 11 is 7.16. The summed E-state index contributed by atoms with van der Waals surface area (Å²) in [6.45, 7) is 0.922. The number of benzene rings is 2. The van der Waals surface area contributed by atoms with Crippen molar-refractivity contribution in [1.29, 1.82) is 0 Å². The molecule has 4 aromatic rings. The Bertz CT molecular complexity index is 1200. The maximum absolute atomic E-state index is 5.55. The average Bonchev–Trinajstić information content (AvgIpc) is 3.45. The Kier molecular flexibility index (Phi) is 5.08. The molecule has 1 aliphatic rings. The Hall–Kier alpha value is -3.36. The van der Waals surface area contributed by atoms with Gasteiger partial charge in [0.25, 0.3) is 0 Å². The quantitative estimate of drug-likeness (QED) is 0.425. The van der Waals surface area contributed by atoms with E-state index < -0.39 is 0 Å². The van der Waals surface area contributed by atoms with Crippen LogP contribution in [-0.4, -0.2) is 27.8 Å². The van der Waals surface area contributed by atoms with Crippen LogP contribution in [0.1, 0.15) is 6.42 Å². The second-order valence-corrected chi connectivity index (χ2v) is 8.18. The molecule has 0 aliphatic carbocycles. The number of hydrogen-bond acceptors (Lipinski definition) is 6. The molecule has 2 N–H and O–H groups in total. The molecule has 0 fully saturated rings. The summed E-state index contributed by atoms with van der Waals surface area (Å²) in [6, 6.07) is 18.0. The Morgan fingerprint density at radius 3 is 2.70 bits per heavy atom. The van der Waals surface area contributed by atoms with E-state index in [1.165, 1.54) is 0 Å². The highest BCUT2D eigenvalue weighted by Gasteiger charge is 2.12. The van der Waals surface area contributed by atoms with Gasteiger partial charge in [0.2, 0.25) is 0 Å². The highest BCUT2D eigenvalue weighted by molar-refractivity contribution is 7.80. The summed E-state index contributed by atoms with van der Waals surface area (Å²) in [4.78, 5) is 8.92. The summed E-state index contributed by atoms with van der Waals surface area (Å²) in [6.07, 6.45) is 6.52. The molecule has 3 heterocycles. The zero-order valence-corrected chi connectivity index (χ0v) is 17.6. The van der Waals surface area contributed by atoms with Crippen LogP contribution in [0.25, 0.3) is 20.8 Å². The molecule has 148 valence electrons. The fraction of sp³-hybridized carbons (Fsp3) is 0.0909. The first kappa shape index (κ1) is 18.7. The normalized spacial score (nSPS) is 13.0. The number of anilines is 3. The Balaban J connectivity index is 1.32. The van der Waals surface area contributed by atoms with Gasteiger partial charge in [-0.2, -0.15) is 5.10 Å². The number of nitrogens with one attached hydrogen (secondary N) is 2. The molecule has 8 heteroatoms. The van der Waals surface area contributed by atoms with Gasteiger partial charge < -0.3 is 10.6 Å². The molecule has 2 aromatic carbocycles. The van der Waals surface area contributed by atoms with E-state index in [2.05, 4.69) is 20.7 Å². The van der Waals surface area contributed by atoms with Gasteiger partial charge in [0.05, 0.1) is 21.6 Å². The van der Waals surface area contributed by atoms with Crippen molar-refractivity contribution in [2.45, 2.75) is 6.42 Å². The minimum absolute atomic E-state index is 0.525. The second-order valence-electron chi connectivity index (χ2n) is 6.74. The van der Waals surface area contributed by atoms with Gasteiger partial charge in [0.15, 0.2) is 5.11 Å². The standard InChI is InChI=1S/C22H18N6S2/c29-22(25-15-6-8-16(9-7-15)28-13-3-11-24-28)27-18-5-2-1-4-17(18)21-26-19-10-12-23-14-20(19)30-21/h1-2,4-12,14H,3,13H2,(H2,25,27,29). The SMILES string of the molecule is S=C(Nc1ccc(N2CCC=N2)cc1)Nc1ccccc1-c1nc2ccncc2s1. The van der Waals surface area contributed by atoms with E-state index in [1.807, 2.05) is 72.0 Å². The average molecular weight is 431 g/mol. The van der Waals surface area contributed by atoms with E-state index in [-0.39, 0.29) is 0 Å². The molecule has 0 bridgehead atoms. The first-order valence-corrected chi connectivity index (χ1v) is 10.8. The van der Waals surface area contributed by atoms with Crippen LogP contribution in [0.15, 0.2) is 72.1 Å². The highest BCUT2D eigenvalue weighted by Crippen LogP contribution is 2.34. The third-order valence-electron chi connectivity index (χ3n) is 4.71. The van der Waals surface area contributed by atoms with Crippen LogP contribution in [0.5, 0.6) is 0 Å². The molecule has 0 radical (unpaired) electrons. The number of rotatable bonds is 4. The van der Waals surface area contributed by atoms with Gasteiger partial charge in [-0.3, -0.25) is 9.99 Å². The van der Waals surface area contributed by atoms with Gasteiger partial charge in [-0.25, -0.2) is 4.98 Å². The van der Waals surface area contributed by atoms with Crippen molar-refractivity contribution in [3.05, 3.63) is 67.0 Å². The lowest BCUT2D eigenvalue weighted by Gasteiger charge is -2.16. The van der Waals surface area contributed by atoms with Gasteiger partial charge in [-0.05, 0) is 54.7 Å². The van der Waals surface area contributed by atoms with E-state index in [0.717, 1.165) is 50.8 Å². The van der Waals surface area contributed by atoms with Crippen LogP contribution >= 0.6 is 23.6 Å². The minimum atomic E-state index is 0.525. The number of thiazole rings is 1. The third kappa shape index (κ3) is 3.87. The van der Waals surface area contributed by atoms with Crippen LogP contribution in [0.3, 0.4) is 0 Å². The molecule has 0 atom stereocenters. The molecular formula is C22H18N6S2. The number of thiocarbonyl (C=S) groups is 1. The third-order valence-corrected chi connectivity index (χ3v) is 5.95. The number of nitrogens with zero attached hydrogens (tertiary/aromatic N) is 4. The number of fused-ring (bicyclic) bond motifs is 1. The molecule has 0 amide bonds. The predicted octanol–water partition coefficient (Wildman–Crippen LogP) is 5.36. The Morgan fingerprint density at radius 2 is 1.90 bits per heavy atom. The van der Waals surface area contributed by atoms with Crippen molar-refractivity contribution in [3.63, 3.8) is 0 Å². The van der Waals surface area contributed by atoms with E-state index in [4.69, 9.17) is 17.2 Å². The minimum Gasteiger partial charge on any atom is -0.332 e. The molecule has 2 aromatic heterocycles. The maximum Gasteiger partial charge on any atom is 0.175 e. The van der Waals surface area contributed by atoms with Crippen molar-refractivity contribution in [2.24, 2.45) is 5.10 Å². The molecule has 0 saturated carbocycles. The fourth-order valence-electron chi connectivity index (χ4n) is 3.27. The first-order chi connectivity index (χ1) is 14.8. The monoisotopic (exact) mass is 430 g/mol. The molecule has 5 rings (SSSR count). The van der Waals surface area contributed by atoms with E-state index in [1.54, 1.807) is 17.5 Å². The van der Waals surface area contributed by atoms with Crippen LogP contribution in [0.4, 0.5) is 17.1 Å². The lowest BCUT2D eigenvalue weighted by Crippen LogP contribution is -2.19. The zero-order valence-electron chi connectivity index (χ0n) is 15.9. The van der Waals surface area contributed by atoms with Gasteiger partial charge in [-0.15, -0.1) is 11.3 Å². The second kappa shape index (κ2) is 8.17. The van der Waals surface area contributed by atoms with Gasteiger partial charge in [0.1, 0.15) is 5.01 Å². The summed E-state index contributed by atoms with van der Waals surface area (Å²) < 4.78 is 1.06. The number of para-hydroxylation sites is 1. The van der Waals surface area contributed by atoms with Crippen LogP contribution in [0, 0.1) is 0 Å². The van der Waals surface area contributed by atoms with Crippen molar-refractivity contribution in [1.82, 2.24) is 9.97 Å². The van der Waals surface area contributed by atoms with Crippen LogP contribution in [-0.2, 0) is 0 Å². The highest BCUT2D eigenvalue weighted by atomic mass is 32.1. The van der Waals surface area contributed by atoms with Gasteiger partial charge >= 0.3 is 0 Å². The molecule has 0 saturated heterocycles. The van der Waals surface area contributed by atoms with Crippen molar-refractivity contribution < 1.29 is 0 Å². The predicted molar refractivity (Wildman–Crippen MR) is 130 cm³/mol. The first-order valence-electron chi connectivity index (χ1n) is 9.54. The van der Waals surface area contributed by atoms with Crippen molar-refractivity contribution in [3.8, 4) is 10.6 Å². The molecular weight excluding hydrogens is 412 g/mol. The topological polar surface area (TPSA) is 65.4 Å². The maximum atomic E-state index is 5.55. The summed E-state index contributed by atoms with van der Waals surface area (Å²) in [5.74, 6) is 0. The van der Waals surface area contributed by atoms with Crippen molar-refractivity contribution >= 4 is 62.2 Å². The number of hydrogen-bond donors (Lipinski definition) is 2. The van der Waals surface area contributed by atoms with Crippen LogP contribution in [0.2, 0.25) is 0 Å². The largest absolute Gasteiger partial charge is 0.332 e. The van der Waals surface area contributed by atoms with Gasteiger partial charge in [-0.1, -0.05) is 12.1 Å². The van der Waals surface area contributed by atoms with E-state index in [9.17, 15) is 0 Å². The lowest BCUT2D eigenvalue weighted by molar-refractivity contribution is 0.922. The molecule has 0 spiro atoms. The molecule has 0 unspecified atom stereocenters. The van der Waals surface area contributed by atoms with E-state index >= 15 is 0 Å². The smallest absolute Gasteiger partial charge is 0.175 e. The zero-order chi connectivity index (χ0) is 20.3. The lowest BCUT2D eigenvalue weighted by atomic mass is 10.2. The Labute approximate surface area is 183 Å². The van der Waals surface area contributed by atoms with E-state index in [0.29, 0.717) is 5.11 Å². The number of aromatic nitrogens is 2. The molecule has 1 aliphatic heterocycles. The van der Waals surface area contributed by atoms with Crippen molar-refractivity contribution in [2.75, 3.05) is 22.2 Å². The molecule has 6 nitrogen and oxygen atoms in total.